The Labute approximate surface area is 205 Å². The number of rotatable bonds is 6. The summed E-state index contributed by atoms with van der Waals surface area (Å²) in [5.74, 6) is 2.19. The minimum atomic E-state index is -1.89. The van der Waals surface area contributed by atoms with Crippen LogP contribution >= 0.6 is 0 Å². The number of nitrogens with zero attached hydrogens (tertiary/aromatic N) is 7. The van der Waals surface area contributed by atoms with Gasteiger partial charge in [-0.2, -0.15) is 15.8 Å². The van der Waals surface area contributed by atoms with Crippen LogP contribution in [0.4, 0.5) is 5.82 Å². The monoisotopic (exact) mass is 459 g/mol. The Morgan fingerprint density at radius 1 is 0.971 bits per heavy atom. The highest BCUT2D eigenvalue weighted by molar-refractivity contribution is 5.80. The molecule has 4 rings (SSSR count). The lowest BCUT2D eigenvalue weighted by atomic mass is 9.84. The average Bonchev–Trinajstić information content (AvgIpc) is 3.27. The van der Waals surface area contributed by atoms with E-state index in [9.17, 15) is 15.8 Å². The van der Waals surface area contributed by atoms with Gasteiger partial charge >= 0.3 is 0 Å². The maximum Gasteiger partial charge on any atom is 0.253 e. The molecule has 0 fully saturated rings. The van der Waals surface area contributed by atoms with Gasteiger partial charge in [0.2, 0.25) is 0 Å². The zero-order chi connectivity index (χ0) is 25.2. The lowest BCUT2D eigenvalue weighted by Gasteiger charge is -2.38. The van der Waals surface area contributed by atoms with E-state index in [4.69, 9.17) is 4.98 Å². The van der Waals surface area contributed by atoms with E-state index in [2.05, 4.69) is 41.7 Å². The molecule has 0 spiro atoms. The Hall–Kier alpha value is -4.80. The first kappa shape index (κ1) is 23.4. The lowest BCUT2D eigenvalue weighted by molar-refractivity contribution is 0.461. The molecule has 7 nitrogen and oxygen atoms in total. The van der Waals surface area contributed by atoms with Crippen LogP contribution in [0.25, 0.3) is 17.1 Å². The van der Waals surface area contributed by atoms with Gasteiger partial charge in [0.15, 0.2) is 5.82 Å². The summed E-state index contributed by atoms with van der Waals surface area (Å²) in [4.78, 5) is 9.04. The smallest absolute Gasteiger partial charge is 0.253 e. The van der Waals surface area contributed by atoms with Gasteiger partial charge in [-0.1, -0.05) is 68.6 Å². The molecule has 0 N–H and O–H groups in total. The highest BCUT2D eigenvalue weighted by atomic mass is 15.4. The fraction of sp³-hybridized carbons (Fsp3) is 0.214. The molecule has 0 saturated heterocycles. The maximum atomic E-state index is 9.60. The van der Waals surface area contributed by atoms with Crippen molar-refractivity contribution in [2.45, 2.75) is 25.3 Å². The molecule has 2 aromatic carbocycles. The predicted octanol–water partition coefficient (Wildman–Crippen LogP) is 5.01. The first-order valence-corrected chi connectivity index (χ1v) is 11.3. The van der Waals surface area contributed by atoms with Crippen LogP contribution in [-0.4, -0.2) is 28.0 Å². The number of benzene rings is 2. The van der Waals surface area contributed by atoms with Crippen molar-refractivity contribution < 1.29 is 0 Å². The molecule has 1 aliphatic heterocycles. The van der Waals surface area contributed by atoms with E-state index >= 15 is 0 Å². The Kier molecular flexibility index (Phi) is 6.15. The van der Waals surface area contributed by atoms with E-state index in [1.54, 1.807) is 18.2 Å². The predicted molar refractivity (Wildman–Crippen MR) is 135 cm³/mol. The number of fused-ring (bicyclic) bond motifs is 1. The topological polar surface area (TPSA) is 95.7 Å². The van der Waals surface area contributed by atoms with Crippen molar-refractivity contribution in [2.75, 3.05) is 18.5 Å². The van der Waals surface area contributed by atoms with Crippen LogP contribution in [0.3, 0.4) is 0 Å². The third kappa shape index (κ3) is 3.82. The van der Waals surface area contributed by atoms with Crippen LogP contribution < -0.4 is 4.90 Å². The first-order valence-electron chi connectivity index (χ1n) is 11.3. The summed E-state index contributed by atoms with van der Waals surface area (Å²) >= 11 is 0. The van der Waals surface area contributed by atoms with Gasteiger partial charge in [0.1, 0.15) is 35.5 Å². The Morgan fingerprint density at radius 2 is 1.66 bits per heavy atom. The summed E-state index contributed by atoms with van der Waals surface area (Å²) in [5.41, 5.74) is 1.91. The highest BCUT2D eigenvalue weighted by Gasteiger charge is 2.35. The van der Waals surface area contributed by atoms with Crippen LogP contribution in [0.15, 0.2) is 73.6 Å². The van der Waals surface area contributed by atoms with Crippen LogP contribution in [0.5, 0.6) is 0 Å². The first-order chi connectivity index (χ1) is 16.9. The van der Waals surface area contributed by atoms with E-state index in [1.807, 2.05) is 54.4 Å². The largest absolute Gasteiger partial charge is 0.327 e. The van der Waals surface area contributed by atoms with E-state index in [1.165, 1.54) is 0 Å². The number of anilines is 1. The molecule has 0 bridgehead atoms. The van der Waals surface area contributed by atoms with Crippen LogP contribution in [0.1, 0.15) is 30.2 Å². The standard InChI is InChI=1S/C28H25N7/c1-5-14-34-20(2)25-27(33(4)21(34)3)32-26(35(25)16-22-10-7-6-8-11-22)23-12-9-13-24(15-23)28(17-29,18-30)19-31/h6-13,15H,2-3,5,14,16H2,1,4H3. The van der Waals surface area contributed by atoms with Crippen molar-refractivity contribution in [1.29, 1.82) is 15.8 Å². The van der Waals surface area contributed by atoms with Gasteiger partial charge in [0.25, 0.3) is 5.41 Å². The number of aromatic nitrogens is 2. The molecule has 2 heterocycles. The molecule has 0 atom stereocenters. The summed E-state index contributed by atoms with van der Waals surface area (Å²) in [5, 5.41) is 28.8. The van der Waals surface area contributed by atoms with Gasteiger partial charge in [-0.25, -0.2) is 4.98 Å². The molecule has 35 heavy (non-hydrogen) atoms. The van der Waals surface area contributed by atoms with Crippen LogP contribution in [-0.2, 0) is 12.0 Å². The molecule has 3 aromatic rings. The quantitative estimate of drug-likeness (QED) is 0.514. The summed E-state index contributed by atoms with van der Waals surface area (Å²) in [7, 11) is 1.93. The molecule has 7 heteroatoms. The molecule has 1 aromatic heterocycles. The molecule has 0 amide bonds. The molecule has 1 aliphatic rings. The molecule has 0 radical (unpaired) electrons. The van der Waals surface area contributed by atoms with E-state index in [0.717, 1.165) is 41.6 Å². The van der Waals surface area contributed by atoms with Crippen molar-refractivity contribution in [3.05, 3.63) is 90.4 Å². The zero-order valence-corrected chi connectivity index (χ0v) is 19.9. The van der Waals surface area contributed by atoms with Gasteiger partial charge in [-0.3, -0.25) is 0 Å². The minimum Gasteiger partial charge on any atom is -0.327 e. The van der Waals surface area contributed by atoms with Gasteiger partial charge in [0.05, 0.1) is 5.70 Å². The third-order valence-corrected chi connectivity index (χ3v) is 6.25. The van der Waals surface area contributed by atoms with Gasteiger partial charge < -0.3 is 14.4 Å². The Balaban J connectivity index is 1.96. The summed E-state index contributed by atoms with van der Waals surface area (Å²) in [6, 6.07) is 22.6. The highest BCUT2D eigenvalue weighted by Crippen LogP contribution is 2.41. The number of hydrogen-bond donors (Lipinski definition) is 0. The number of nitriles is 3. The van der Waals surface area contributed by atoms with Gasteiger partial charge in [-0.05, 0) is 18.1 Å². The van der Waals surface area contributed by atoms with Crippen molar-refractivity contribution in [3.8, 4) is 29.6 Å². The second kappa shape index (κ2) is 9.21. The van der Waals surface area contributed by atoms with Crippen molar-refractivity contribution in [1.82, 2.24) is 14.5 Å². The average molecular weight is 460 g/mol. The summed E-state index contributed by atoms with van der Waals surface area (Å²) in [6.45, 7) is 12.1. The fourth-order valence-corrected chi connectivity index (χ4v) is 4.33. The van der Waals surface area contributed by atoms with E-state index < -0.39 is 5.41 Å². The van der Waals surface area contributed by atoms with Crippen molar-refractivity contribution in [3.63, 3.8) is 0 Å². The number of hydrogen-bond acceptors (Lipinski definition) is 6. The second-order valence-corrected chi connectivity index (χ2v) is 8.42. The zero-order valence-electron chi connectivity index (χ0n) is 19.9. The third-order valence-electron chi connectivity index (χ3n) is 6.25. The SMILES string of the molecule is C=C1c2c(nc(-c3cccc(C(C#N)(C#N)C#N)c3)n2Cc2ccccc2)N(C)C(=C)N1CCC. The van der Waals surface area contributed by atoms with Gasteiger partial charge in [-0.15, -0.1) is 0 Å². The summed E-state index contributed by atoms with van der Waals surface area (Å²) < 4.78 is 2.10. The van der Waals surface area contributed by atoms with Crippen molar-refractivity contribution in [2.24, 2.45) is 0 Å². The maximum absolute atomic E-state index is 9.60. The normalized spacial score (nSPS) is 13.1. The van der Waals surface area contributed by atoms with Crippen LogP contribution in [0, 0.1) is 34.0 Å². The molecule has 0 aliphatic carbocycles. The molecule has 0 unspecified atom stereocenters. The second-order valence-electron chi connectivity index (χ2n) is 8.42. The number of imidazole rings is 1. The Bertz CT molecular complexity index is 1390. The lowest BCUT2D eigenvalue weighted by Crippen LogP contribution is -2.37. The van der Waals surface area contributed by atoms with Crippen molar-refractivity contribution >= 4 is 11.5 Å². The van der Waals surface area contributed by atoms with Crippen LogP contribution in [0.2, 0.25) is 0 Å². The summed E-state index contributed by atoms with van der Waals surface area (Å²) in [6.07, 6.45) is 0.932. The molecular formula is C28H25N7. The molecule has 0 saturated carbocycles. The Morgan fingerprint density at radius 3 is 2.29 bits per heavy atom. The molecular weight excluding hydrogens is 434 g/mol. The van der Waals surface area contributed by atoms with E-state index in [0.29, 0.717) is 23.5 Å². The fourth-order valence-electron chi connectivity index (χ4n) is 4.33. The van der Waals surface area contributed by atoms with E-state index in [-0.39, 0.29) is 0 Å². The van der Waals surface area contributed by atoms with Gasteiger partial charge in [0, 0.05) is 31.3 Å². The molecule has 172 valence electrons. The minimum absolute atomic E-state index is 0.318.